The summed E-state index contributed by atoms with van der Waals surface area (Å²) in [6.07, 6.45) is 1.99. The summed E-state index contributed by atoms with van der Waals surface area (Å²) in [5.41, 5.74) is 8.07. The SMILES string of the molecule is C=Cc1ccc2ccccc2c1C1c2ccccc2-c2ccccc21. The predicted octanol–water partition coefficient (Wildman–Crippen LogP) is 6.64. The van der Waals surface area contributed by atoms with Crippen LogP contribution in [-0.4, -0.2) is 0 Å². The average molecular weight is 318 g/mol. The van der Waals surface area contributed by atoms with Crippen LogP contribution in [0.2, 0.25) is 0 Å². The molecule has 1 aliphatic rings. The van der Waals surface area contributed by atoms with Gasteiger partial charge in [0.2, 0.25) is 0 Å². The van der Waals surface area contributed by atoms with Crippen molar-refractivity contribution in [3.8, 4) is 11.1 Å². The molecule has 0 atom stereocenters. The number of hydrogen-bond acceptors (Lipinski definition) is 0. The Morgan fingerprint density at radius 3 is 1.92 bits per heavy atom. The van der Waals surface area contributed by atoms with Crippen LogP contribution in [0.1, 0.15) is 28.2 Å². The molecule has 1 aliphatic carbocycles. The zero-order valence-corrected chi connectivity index (χ0v) is 13.9. The first-order valence-corrected chi connectivity index (χ1v) is 8.71. The van der Waals surface area contributed by atoms with Crippen molar-refractivity contribution >= 4 is 16.8 Å². The molecule has 0 saturated heterocycles. The molecule has 0 amide bonds. The maximum atomic E-state index is 4.08. The van der Waals surface area contributed by atoms with E-state index in [0.717, 1.165) is 0 Å². The second-order valence-corrected chi connectivity index (χ2v) is 6.60. The molecular weight excluding hydrogens is 300 g/mol. The van der Waals surface area contributed by atoms with Crippen LogP contribution in [-0.2, 0) is 0 Å². The molecule has 0 nitrogen and oxygen atoms in total. The van der Waals surface area contributed by atoms with Crippen LogP contribution in [0.4, 0.5) is 0 Å². The number of rotatable bonds is 2. The third-order valence-electron chi connectivity index (χ3n) is 5.35. The molecule has 0 radical (unpaired) electrons. The van der Waals surface area contributed by atoms with Crippen LogP contribution in [0.25, 0.3) is 28.0 Å². The zero-order chi connectivity index (χ0) is 16.8. The lowest BCUT2D eigenvalue weighted by molar-refractivity contribution is 1.02. The third kappa shape index (κ3) is 2.01. The molecule has 4 aromatic carbocycles. The van der Waals surface area contributed by atoms with Gasteiger partial charge in [-0.25, -0.2) is 0 Å². The first kappa shape index (κ1) is 14.2. The first-order chi connectivity index (χ1) is 12.4. The van der Waals surface area contributed by atoms with Crippen molar-refractivity contribution in [2.24, 2.45) is 0 Å². The zero-order valence-electron chi connectivity index (χ0n) is 13.9. The van der Waals surface area contributed by atoms with Crippen LogP contribution in [0, 0.1) is 0 Å². The Morgan fingerprint density at radius 2 is 1.24 bits per heavy atom. The molecule has 0 unspecified atom stereocenters. The van der Waals surface area contributed by atoms with Crippen LogP contribution in [0.3, 0.4) is 0 Å². The van der Waals surface area contributed by atoms with Crippen LogP contribution in [0.5, 0.6) is 0 Å². The minimum absolute atomic E-state index is 0.256. The summed E-state index contributed by atoms with van der Waals surface area (Å²) in [5.74, 6) is 0.256. The van der Waals surface area contributed by atoms with E-state index in [-0.39, 0.29) is 5.92 Å². The van der Waals surface area contributed by atoms with E-state index in [0.29, 0.717) is 0 Å². The Kier molecular flexibility index (Phi) is 3.11. The molecule has 0 heteroatoms. The molecule has 0 aromatic heterocycles. The van der Waals surface area contributed by atoms with E-state index in [2.05, 4.69) is 91.5 Å². The highest BCUT2D eigenvalue weighted by Gasteiger charge is 2.31. The molecular formula is C25H18. The largest absolute Gasteiger partial charge is 0.0985 e. The lowest BCUT2D eigenvalue weighted by atomic mass is 9.83. The highest BCUT2D eigenvalue weighted by atomic mass is 14.3. The first-order valence-electron chi connectivity index (χ1n) is 8.71. The summed E-state index contributed by atoms with van der Waals surface area (Å²) in [6, 6.07) is 30.7. The maximum absolute atomic E-state index is 4.08. The molecule has 25 heavy (non-hydrogen) atoms. The highest BCUT2D eigenvalue weighted by molar-refractivity contribution is 5.93. The fourth-order valence-electron chi connectivity index (χ4n) is 4.28. The van der Waals surface area contributed by atoms with E-state index >= 15 is 0 Å². The van der Waals surface area contributed by atoms with Gasteiger partial charge in [-0.15, -0.1) is 0 Å². The van der Waals surface area contributed by atoms with E-state index in [9.17, 15) is 0 Å². The van der Waals surface area contributed by atoms with Gasteiger partial charge >= 0.3 is 0 Å². The van der Waals surface area contributed by atoms with Gasteiger partial charge in [-0.2, -0.15) is 0 Å². The van der Waals surface area contributed by atoms with E-state index in [1.165, 1.54) is 44.2 Å². The van der Waals surface area contributed by atoms with Crippen molar-refractivity contribution in [2.75, 3.05) is 0 Å². The Hall–Kier alpha value is -3.12. The lowest BCUT2D eigenvalue weighted by Gasteiger charge is -2.20. The fourth-order valence-corrected chi connectivity index (χ4v) is 4.28. The van der Waals surface area contributed by atoms with E-state index in [1.54, 1.807) is 0 Å². The quantitative estimate of drug-likeness (QED) is 0.342. The molecule has 0 aliphatic heterocycles. The second-order valence-electron chi connectivity index (χ2n) is 6.60. The fraction of sp³-hybridized carbons (Fsp3) is 0.0400. The number of fused-ring (bicyclic) bond motifs is 4. The van der Waals surface area contributed by atoms with Crippen LogP contribution < -0.4 is 0 Å². The minimum Gasteiger partial charge on any atom is -0.0985 e. The van der Waals surface area contributed by atoms with Crippen molar-refractivity contribution in [1.82, 2.24) is 0 Å². The van der Waals surface area contributed by atoms with Crippen molar-refractivity contribution in [3.05, 3.63) is 114 Å². The van der Waals surface area contributed by atoms with Gasteiger partial charge in [0.05, 0.1) is 0 Å². The monoisotopic (exact) mass is 318 g/mol. The van der Waals surface area contributed by atoms with Gasteiger partial charge in [-0.1, -0.05) is 97.6 Å². The smallest absolute Gasteiger partial charge is 0.0364 e. The molecule has 0 bridgehead atoms. The van der Waals surface area contributed by atoms with Crippen LogP contribution >= 0.6 is 0 Å². The van der Waals surface area contributed by atoms with E-state index in [1.807, 2.05) is 6.08 Å². The van der Waals surface area contributed by atoms with Gasteiger partial charge in [0.1, 0.15) is 0 Å². The van der Waals surface area contributed by atoms with Gasteiger partial charge in [-0.3, -0.25) is 0 Å². The third-order valence-corrected chi connectivity index (χ3v) is 5.35. The topological polar surface area (TPSA) is 0 Å². The molecule has 0 saturated carbocycles. The number of benzene rings is 4. The van der Waals surface area contributed by atoms with Crippen molar-refractivity contribution in [1.29, 1.82) is 0 Å². The van der Waals surface area contributed by atoms with E-state index < -0.39 is 0 Å². The van der Waals surface area contributed by atoms with Gasteiger partial charge in [0.15, 0.2) is 0 Å². The molecule has 118 valence electrons. The van der Waals surface area contributed by atoms with Crippen molar-refractivity contribution in [3.63, 3.8) is 0 Å². The standard InChI is InChI=1S/C25H18/c1-2-17-15-16-18-9-3-4-10-19(18)24(17)25-22-13-7-5-11-20(22)21-12-6-8-14-23(21)25/h2-16,25H,1H2. The summed E-state index contributed by atoms with van der Waals surface area (Å²) in [7, 11) is 0. The Balaban J connectivity index is 1.91. The Morgan fingerprint density at radius 1 is 0.640 bits per heavy atom. The Labute approximate surface area is 148 Å². The van der Waals surface area contributed by atoms with Crippen LogP contribution in [0.15, 0.2) is 91.5 Å². The van der Waals surface area contributed by atoms with Gasteiger partial charge in [-0.05, 0) is 44.2 Å². The Bertz CT molecular complexity index is 1070. The molecule has 4 aromatic rings. The summed E-state index contributed by atoms with van der Waals surface area (Å²) in [5, 5.41) is 2.60. The van der Waals surface area contributed by atoms with Gasteiger partial charge in [0, 0.05) is 5.92 Å². The highest BCUT2D eigenvalue weighted by Crippen LogP contribution is 2.50. The summed E-state index contributed by atoms with van der Waals surface area (Å²) < 4.78 is 0. The number of hydrogen-bond donors (Lipinski definition) is 0. The van der Waals surface area contributed by atoms with Gasteiger partial charge in [0.25, 0.3) is 0 Å². The molecule has 0 N–H and O–H groups in total. The summed E-state index contributed by atoms with van der Waals surface area (Å²) >= 11 is 0. The molecule has 0 spiro atoms. The molecule has 0 heterocycles. The minimum atomic E-state index is 0.256. The van der Waals surface area contributed by atoms with E-state index in [4.69, 9.17) is 0 Å². The normalized spacial score (nSPS) is 12.8. The lowest BCUT2D eigenvalue weighted by Crippen LogP contribution is -2.03. The summed E-state index contributed by atoms with van der Waals surface area (Å²) in [6.45, 7) is 4.08. The van der Waals surface area contributed by atoms with Crippen molar-refractivity contribution < 1.29 is 0 Å². The summed E-state index contributed by atoms with van der Waals surface area (Å²) in [4.78, 5) is 0. The van der Waals surface area contributed by atoms with Gasteiger partial charge < -0.3 is 0 Å². The van der Waals surface area contributed by atoms with Crippen molar-refractivity contribution in [2.45, 2.75) is 5.92 Å². The average Bonchev–Trinajstić information content (AvgIpc) is 3.01. The molecule has 0 fully saturated rings. The molecule has 5 rings (SSSR count). The second kappa shape index (κ2) is 5.46. The predicted molar refractivity (Wildman–Crippen MR) is 107 cm³/mol. The maximum Gasteiger partial charge on any atom is 0.0364 e.